The van der Waals surface area contributed by atoms with Gasteiger partial charge in [-0.2, -0.15) is 0 Å². The van der Waals surface area contributed by atoms with Crippen LogP contribution in [-0.4, -0.2) is 27.6 Å². The molecule has 0 bridgehead atoms. The van der Waals surface area contributed by atoms with Gasteiger partial charge in [0.1, 0.15) is 5.60 Å². The summed E-state index contributed by atoms with van der Waals surface area (Å²) in [7, 11) is 1.73. The number of hydrogen-bond acceptors (Lipinski definition) is 4. The fourth-order valence-corrected chi connectivity index (χ4v) is 4.79. The van der Waals surface area contributed by atoms with Crippen LogP contribution in [0.15, 0.2) is 77.7 Å². The molecule has 178 valence electrons. The van der Waals surface area contributed by atoms with E-state index >= 15 is 0 Å². The molecule has 2 N–H and O–H groups in total. The van der Waals surface area contributed by atoms with Crippen LogP contribution in [0.5, 0.6) is 0 Å². The maximum Gasteiger partial charge on any atom is 0.411 e. The zero-order chi connectivity index (χ0) is 24.5. The molecule has 1 aliphatic heterocycles. The lowest BCUT2D eigenvalue weighted by Gasteiger charge is -2.45. The number of nitrogens with two attached hydrogens (primary N) is 1. The Morgan fingerprint density at radius 2 is 1.71 bits per heavy atom. The number of hydrogen-bond donors (Lipinski definition) is 1. The first-order chi connectivity index (χ1) is 16.1. The molecule has 2 aromatic carbocycles. The lowest BCUT2D eigenvalue weighted by atomic mass is 9.79. The molecule has 0 aliphatic carbocycles. The van der Waals surface area contributed by atoms with E-state index in [0.717, 1.165) is 22.3 Å². The van der Waals surface area contributed by atoms with Crippen molar-refractivity contribution in [3.63, 3.8) is 0 Å². The van der Waals surface area contributed by atoms with Gasteiger partial charge in [-0.25, -0.2) is 4.79 Å². The molecule has 1 fully saturated rings. The highest BCUT2D eigenvalue weighted by Gasteiger charge is 2.45. The van der Waals surface area contributed by atoms with Gasteiger partial charge < -0.3 is 19.9 Å². The predicted octanol–water partition coefficient (Wildman–Crippen LogP) is 4.98. The van der Waals surface area contributed by atoms with Crippen LogP contribution in [-0.2, 0) is 17.4 Å². The summed E-state index contributed by atoms with van der Waals surface area (Å²) in [4.78, 5) is 27.0. The largest absolute Gasteiger partial charge is 0.438 e. The van der Waals surface area contributed by atoms with Gasteiger partial charge in [-0.3, -0.25) is 4.79 Å². The summed E-state index contributed by atoms with van der Waals surface area (Å²) in [6.45, 7) is 6.51. The number of cyclic esters (lactones) is 1. The Labute approximate surface area is 201 Å². The summed E-state index contributed by atoms with van der Waals surface area (Å²) >= 11 is 0. The zero-order valence-corrected chi connectivity index (χ0v) is 20.3. The molecule has 4 rings (SSSR count). The molecular weight excluding hydrogens is 426 g/mol. The van der Waals surface area contributed by atoms with Gasteiger partial charge in [0, 0.05) is 44.2 Å². The second kappa shape index (κ2) is 9.11. The summed E-state index contributed by atoms with van der Waals surface area (Å²) in [5, 5.41) is 0. The number of carbonyl (C=O) groups excluding carboxylic acids is 1. The third kappa shape index (κ3) is 4.92. The lowest BCUT2D eigenvalue weighted by molar-refractivity contribution is -0.0738. The molecule has 34 heavy (non-hydrogen) atoms. The second-order valence-electron chi connectivity index (χ2n) is 10.00. The Bertz CT molecular complexity index is 1210. The molecule has 6 heteroatoms. The van der Waals surface area contributed by atoms with Crippen molar-refractivity contribution < 1.29 is 9.53 Å². The van der Waals surface area contributed by atoms with Crippen LogP contribution >= 0.6 is 0 Å². The highest BCUT2D eigenvalue weighted by Crippen LogP contribution is 2.41. The van der Waals surface area contributed by atoms with Gasteiger partial charge in [0.25, 0.3) is 5.56 Å². The van der Waals surface area contributed by atoms with Crippen LogP contribution in [0.3, 0.4) is 0 Å². The Morgan fingerprint density at radius 3 is 2.29 bits per heavy atom. The van der Waals surface area contributed by atoms with E-state index in [4.69, 9.17) is 10.5 Å². The highest BCUT2D eigenvalue weighted by atomic mass is 16.6. The Kier molecular flexibility index (Phi) is 6.36. The minimum Gasteiger partial charge on any atom is -0.438 e. The summed E-state index contributed by atoms with van der Waals surface area (Å²) < 4.78 is 7.72. The van der Waals surface area contributed by atoms with Gasteiger partial charge in [0.2, 0.25) is 0 Å². The van der Waals surface area contributed by atoms with Crippen LogP contribution in [0.25, 0.3) is 11.1 Å². The number of ether oxygens (including phenoxy) is 1. The van der Waals surface area contributed by atoms with Crippen LogP contribution in [0, 0.1) is 0 Å². The van der Waals surface area contributed by atoms with E-state index in [1.54, 1.807) is 28.8 Å². The number of nitrogens with zero attached hydrogens (tertiary/aromatic N) is 2. The van der Waals surface area contributed by atoms with Crippen molar-refractivity contribution in [1.29, 1.82) is 0 Å². The van der Waals surface area contributed by atoms with Gasteiger partial charge in [-0.1, -0.05) is 54.6 Å². The number of rotatable bonds is 6. The van der Waals surface area contributed by atoms with Gasteiger partial charge in [-0.15, -0.1) is 0 Å². The number of amides is 1. The summed E-state index contributed by atoms with van der Waals surface area (Å²) in [6.07, 6.45) is 2.64. The predicted molar refractivity (Wildman–Crippen MR) is 134 cm³/mol. The summed E-state index contributed by atoms with van der Waals surface area (Å²) in [6, 6.07) is 21.3. The number of aryl methyl sites for hydroxylation is 1. The molecule has 0 saturated carbocycles. The first kappa shape index (κ1) is 23.8. The number of aromatic nitrogens is 1. The van der Waals surface area contributed by atoms with Crippen molar-refractivity contribution in [1.82, 2.24) is 9.47 Å². The fourth-order valence-electron chi connectivity index (χ4n) is 4.79. The monoisotopic (exact) mass is 459 g/mol. The topological polar surface area (TPSA) is 77.6 Å². The maximum atomic E-state index is 13.3. The van der Waals surface area contributed by atoms with Gasteiger partial charge in [0.15, 0.2) is 0 Å². The second-order valence-corrected chi connectivity index (χ2v) is 10.00. The quantitative estimate of drug-likeness (QED) is 0.564. The Balaban J connectivity index is 1.54. The minimum absolute atomic E-state index is 0.0476. The van der Waals surface area contributed by atoms with E-state index in [-0.39, 0.29) is 17.7 Å². The molecule has 0 radical (unpaired) electrons. The molecule has 0 unspecified atom stereocenters. The minimum atomic E-state index is -0.740. The number of carbonyl (C=O) groups is 1. The first-order valence-electron chi connectivity index (χ1n) is 11.7. The standard InChI is InChI=1S/C28H33N3O3/c1-20(21-10-12-22(13-11-21)23-14-16-30(4)25(32)18-23)31-17-15-28(34-26(31)33,19-27(2,3)29)24-8-6-5-7-9-24/h5-14,16,18,20H,15,17,19,29H2,1-4H3/t20-,28-/m0/s1. The molecule has 0 spiro atoms. The smallest absolute Gasteiger partial charge is 0.411 e. The van der Waals surface area contributed by atoms with Crippen molar-refractivity contribution in [3.8, 4) is 11.1 Å². The van der Waals surface area contributed by atoms with Crippen molar-refractivity contribution in [2.24, 2.45) is 12.8 Å². The molecule has 2 heterocycles. The van der Waals surface area contributed by atoms with Gasteiger partial charge in [0.05, 0.1) is 6.04 Å². The van der Waals surface area contributed by atoms with Crippen molar-refractivity contribution in [3.05, 3.63) is 94.4 Å². The van der Waals surface area contributed by atoms with Gasteiger partial charge in [-0.05, 0) is 49.1 Å². The third-order valence-electron chi connectivity index (χ3n) is 6.61. The number of benzene rings is 2. The average Bonchev–Trinajstić information content (AvgIpc) is 2.80. The Hall–Kier alpha value is -3.38. The molecular formula is C28H33N3O3. The normalized spacial score (nSPS) is 19.6. The van der Waals surface area contributed by atoms with Crippen LogP contribution < -0.4 is 11.3 Å². The molecule has 3 aromatic rings. The first-order valence-corrected chi connectivity index (χ1v) is 11.7. The van der Waals surface area contributed by atoms with E-state index < -0.39 is 11.1 Å². The van der Waals surface area contributed by atoms with E-state index in [0.29, 0.717) is 19.4 Å². The van der Waals surface area contributed by atoms with E-state index in [2.05, 4.69) is 0 Å². The molecule has 1 aromatic heterocycles. The fraction of sp³-hybridized carbons (Fsp3) is 0.357. The van der Waals surface area contributed by atoms with E-state index in [9.17, 15) is 9.59 Å². The van der Waals surface area contributed by atoms with Crippen LogP contribution in [0.2, 0.25) is 0 Å². The molecule has 1 amide bonds. The van der Waals surface area contributed by atoms with E-state index in [1.165, 1.54) is 0 Å². The SMILES string of the molecule is C[C@@H](c1ccc(-c2ccn(C)c(=O)c2)cc1)N1CC[C@](CC(C)(C)N)(c2ccccc2)OC1=O. The zero-order valence-electron chi connectivity index (χ0n) is 20.3. The summed E-state index contributed by atoms with van der Waals surface area (Å²) in [5.41, 5.74) is 8.92. The average molecular weight is 460 g/mol. The van der Waals surface area contributed by atoms with Crippen LogP contribution in [0.1, 0.15) is 50.8 Å². The number of pyridine rings is 1. The molecule has 2 atom stereocenters. The lowest BCUT2D eigenvalue weighted by Crippen LogP contribution is -2.52. The summed E-state index contributed by atoms with van der Waals surface area (Å²) in [5.74, 6) is 0. The van der Waals surface area contributed by atoms with Crippen LogP contribution in [0.4, 0.5) is 4.79 Å². The van der Waals surface area contributed by atoms with E-state index in [1.807, 2.05) is 81.4 Å². The Morgan fingerprint density at radius 1 is 1.03 bits per heavy atom. The highest BCUT2D eigenvalue weighted by molar-refractivity contribution is 5.70. The maximum absolute atomic E-state index is 13.3. The van der Waals surface area contributed by atoms with Crippen molar-refractivity contribution >= 4 is 6.09 Å². The van der Waals surface area contributed by atoms with Crippen molar-refractivity contribution in [2.45, 2.75) is 50.8 Å². The molecule has 6 nitrogen and oxygen atoms in total. The molecule has 1 aliphatic rings. The molecule has 1 saturated heterocycles. The third-order valence-corrected chi connectivity index (χ3v) is 6.61. The van der Waals surface area contributed by atoms with Crippen molar-refractivity contribution in [2.75, 3.05) is 6.54 Å². The van der Waals surface area contributed by atoms with Gasteiger partial charge >= 0.3 is 6.09 Å².